The second kappa shape index (κ2) is 5.34. The molecule has 0 aromatic carbocycles. The van der Waals surface area contributed by atoms with Crippen LogP contribution in [0.5, 0.6) is 0 Å². The number of aromatic nitrogens is 1. The van der Waals surface area contributed by atoms with Crippen LogP contribution < -0.4 is 5.32 Å². The lowest BCUT2D eigenvalue weighted by Crippen LogP contribution is -2.22. The molecule has 4 heteroatoms. The quantitative estimate of drug-likeness (QED) is 0.905. The number of hydrogen-bond donors (Lipinski definition) is 1. The monoisotopic (exact) mass is 250 g/mol. The van der Waals surface area contributed by atoms with Gasteiger partial charge in [-0.2, -0.15) is 0 Å². The molecule has 1 atom stereocenters. The standard InChI is InChI=1S/C13H15ClN2O/c1-3-15-12(11-6-7-17-13(11)14)10-5-4-9(2)16-8-10/h4-8,12,15H,3H2,1-2H3. The first kappa shape index (κ1) is 12.1. The fourth-order valence-electron chi connectivity index (χ4n) is 1.77. The van der Waals surface area contributed by atoms with Crippen LogP contribution in [0.3, 0.4) is 0 Å². The topological polar surface area (TPSA) is 38.1 Å². The van der Waals surface area contributed by atoms with Crippen molar-refractivity contribution in [2.75, 3.05) is 6.54 Å². The molecule has 0 aliphatic heterocycles. The van der Waals surface area contributed by atoms with Crippen LogP contribution >= 0.6 is 11.6 Å². The summed E-state index contributed by atoms with van der Waals surface area (Å²) in [6, 6.07) is 5.96. The Morgan fingerprint density at radius 1 is 1.41 bits per heavy atom. The molecule has 1 unspecified atom stereocenters. The molecule has 0 aliphatic carbocycles. The minimum Gasteiger partial charge on any atom is -0.453 e. The van der Waals surface area contributed by atoms with Crippen LogP contribution in [-0.4, -0.2) is 11.5 Å². The van der Waals surface area contributed by atoms with Gasteiger partial charge in [0.1, 0.15) is 0 Å². The van der Waals surface area contributed by atoms with Crippen LogP contribution in [0.4, 0.5) is 0 Å². The van der Waals surface area contributed by atoms with E-state index in [0.717, 1.165) is 23.4 Å². The van der Waals surface area contributed by atoms with Gasteiger partial charge < -0.3 is 9.73 Å². The number of pyridine rings is 1. The van der Waals surface area contributed by atoms with Crippen LogP contribution in [0, 0.1) is 6.92 Å². The third kappa shape index (κ3) is 2.68. The van der Waals surface area contributed by atoms with Crippen molar-refractivity contribution in [1.82, 2.24) is 10.3 Å². The molecule has 3 nitrogen and oxygen atoms in total. The zero-order valence-corrected chi connectivity index (χ0v) is 10.7. The summed E-state index contributed by atoms with van der Waals surface area (Å²) in [6.07, 6.45) is 3.47. The van der Waals surface area contributed by atoms with E-state index in [1.807, 2.05) is 25.3 Å². The van der Waals surface area contributed by atoms with Gasteiger partial charge in [-0.15, -0.1) is 0 Å². The Kier molecular flexibility index (Phi) is 3.82. The molecule has 90 valence electrons. The molecule has 0 spiro atoms. The summed E-state index contributed by atoms with van der Waals surface area (Å²) in [4.78, 5) is 4.31. The van der Waals surface area contributed by atoms with Crippen LogP contribution in [0.2, 0.25) is 5.22 Å². The summed E-state index contributed by atoms with van der Waals surface area (Å²) >= 11 is 6.02. The molecule has 2 rings (SSSR count). The molecule has 0 amide bonds. The average Bonchev–Trinajstić information content (AvgIpc) is 2.74. The van der Waals surface area contributed by atoms with Gasteiger partial charge in [0.2, 0.25) is 0 Å². The van der Waals surface area contributed by atoms with Gasteiger partial charge in [0.15, 0.2) is 5.22 Å². The fourth-order valence-corrected chi connectivity index (χ4v) is 2.00. The zero-order valence-electron chi connectivity index (χ0n) is 9.90. The van der Waals surface area contributed by atoms with E-state index in [2.05, 4.69) is 23.3 Å². The van der Waals surface area contributed by atoms with Crippen molar-refractivity contribution >= 4 is 11.6 Å². The highest BCUT2D eigenvalue weighted by Gasteiger charge is 2.18. The Morgan fingerprint density at radius 2 is 2.24 bits per heavy atom. The predicted molar refractivity (Wildman–Crippen MR) is 68.2 cm³/mol. The summed E-state index contributed by atoms with van der Waals surface area (Å²) in [5.74, 6) is 0. The highest BCUT2D eigenvalue weighted by molar-refractivity contribution is 6.29. The number of nitrogens with one attached hydrogen (secondary N) is 1. The highest BCUT2D eigenvalue weighted by atomic mass is 35.5. The van der Waals surface area contributed by atoms with Gasteiger partial charge in [-0.05, 0) is 42.8 Å². The zero-order chi connectivity index (χ0) is 12.3. The second-order valence-corrected chi connectivity index (χ2v) is 4.22. The Hall–Kier alpha value is -1.32. The van der Waals surface area contributed by atoms with Crippen LogP contribution in [0.15, 0.2) is 35.1 Å². The summed E-state index contributed by atoms with van der Waals surface area (Å²) < 4.78 is 5.14. The largest absolute Gasteiger partial charge is 0.453 e. The van der Waals surface area contributed by atoms with Crippen molar-refractivity contribution in [2.45, 2.75) is 19.9 Å². The fraction of sp³-hybridized carbons (Fsp3) is 0.308. The minimum atomic E-state index is 0.0272. The van der Waals surface area contributed by atoms with Crippen molar-refractivity contribution in [3.05, 3.63) is 52.7 Å². The van der Waals surface area contributed by atoms with E-state index in [0.29, 0.717) is 5.22 Å². The maximum Gasteiger partial charge on any atom is 0.198 e. The maximum atomic E-state index is 6.02. The normalized spacial score (nSPS) is 12.6. The van der Waals surface area contributed by atoms with E-state index in [9.17, 15) is 0 Å². The van der Waals surface area contributed by atoms with E-state index in [4.69, 9.17) is 16.0 Å². The smallest absolute Gasteiger partial charge is 0.198 e. The number of rotatable bonds is 4. The van der Waals surface area contributed by atoms with Gasteiger partial charge in [0.05, 0.1) is 12.3 Å². The van der Waals surface area contributed by atoms with E-state index < -0.39 is 0 Å². The van der Waals surface area contributed by atoms with Crippen LogP contribution in [-0.2, 0) is 0 Å². The lowest BCUT2D eigenvalue weighted by atomic mass is 10.0. The first-order valence-corrected chi connectivity index (χ1v) is 5.99. The molecular weight excluding hydrogens is 236 g/mol. The molecule has 0 aliphatic rings. The van der Waals surface area contributed by atoms with Crippen LogP contribution in [0.25, 0.3) is 0 Å². The SMILES string of the molecule is CCNC(c1ccc(C)nc1)c1ccoc1Cl. The van der Waals surface area contributed by atoms with Gasteiger partial charge in [-0.25, -0.2) is 0 Å². The van der Waals surface area contributed by atoms with Gasteiger partial charge in [0, 0.05) is 17.5 Å². The lowest BCUT2D eigenvalue weighted by molar-refractivity contribution is 0.555. The summed E-state index contributed by atoms with van der Waals surface area (Å²) in [5, 5.41) is 3.80. The van der Waals surface area contributed by atoms with E-state index in [1.54, 1.807) is 6.26 Å². The molecule has 1 N–H and O–H groups in total. The van der Waals surface area contributed by atoms with E-state index >= 15 is 0 Å². The Bertz CT molecular complexity index is 478. The number of halogens is 1. The molecule has 0 bridgehead atoms. The Morgan fingerprint density at radius 3 is 2.76 bits per heavy atom. The maximum absolute atomic E-state index is 6.02. The summed E-state index contributed by atoms with van der Waals surface area (Å²) in [5.41, 5.74) is 3.03. The van der Waals surface area contributed by atoms with E-state index in [1.165, 1.54) is 0 Å². The van der Waals surface area contributed by atoms with Gasteiger partial charge in [-0.1, -0.05) is 13.0 Å². The second-order valence-electron chi connectivity index (χ2n) is 3.87. The summed E-state index contributed by atoms with van der Waals surface area (Å²) in [6.45, 7) is 4.87. The predicted octanol–water partition coefficient (Wildman–Crippen LogP) is 3.34. The Balaban J connectivity index is 2.35. The molecule has 2 aromatic rings. The molecule has 0 saturated carbocycles. The minimum absolute atomic E-state index is 0.0272. The van der Waals surface area contributed by atoms with Crippen molar-refractivity contribution in [3.63, 3.8) is 0 Å². The first-order chi connectivity index (χ1) is 8.22. The van der Waals surface area contributed by atoms with Gasteiger partial charge >= 0.3 is 0 Å². The van der Waals surface area contributed by atoms with Gasteiger partial charge in [-0.3, -0.25) is 4.98 Å². The number of aryl methyl sites for hydroxylation is 1. The van der Waals surface area contributed by atoms with Gasteiger partial charge in [0.25, 0.3) is 0 Å². The summed E-state index contributed by atoms with van der Waals surface area (Å²) in [7, 11) is 0. The molecule has 2 aromatic heterocycles. The molecule has 17 heavy (non-hydrogen) atoms. The van der Waals surface area contributed by atoms with Crippen molar-refractivity contribution in [2.24, 2.45) is 0 Å². The number of nitrogens with zero attached hydrogens (tertiary/aromatic N) is 1. The van der Waals surface area contributed by atoms with E-state index in [-0.39, 0.29) is 6.04 Å². The molecule has 0 radical (unpaired) electrons. The first-order valence-electron chi connectivity index (χ1n) is 5.61. The third-order valence-corrected chi connectivity index (χ3v) is 2.94. The lowest BCUT2D eigenvalue weighted by Gasteiger charge is -2.17. The molecule has 2 heterocycles. The van der Waals surface area contributed by atoms with Crippen LogP contribution in [0.1, 0.15) is 29.8 Å². The number of furan rings is 1. The molecular formula is C13H15ClN2O. The average molecular weight is 251 g/mol. The Labute approximate surface area is 106 Å². The number of hydrogen-bond acceptors (Lipinski definition) is 3. The van der Waals surface area contributed by atoms with Crippen molar-refractivity contribution in [1.29, 1.82) is 0 Å². The molecule has 0 fully saturated rings. The molecule has 0 saturated heterocycles. The van der Waals surface area contributed by atoms with Crippen molar-refractivity contribution < 1.29 is 4.42 Å². The third-order valence-electron chi connectivity index (χ3n) is 2.63. The van der Waals surface area contributed by atoms with Crippen molar-refractivity contribution in [3.8, 4) is 0 Å². The highest BCUT2D eigenvalue weighted by Crippen LogP contribution is 2.28.